The van der Waals surface area contributed by atoms with E-state index in [2.05, 4.69) is 0 Å². The smallest absolute Gasteiger partial charge is 0.327 e. The number of carbonyl (C=O) groups excluding carboxylic acids is 1. The van der Waals surface area contributed by atoms with E-state index in [0.29, 0.717) is 10.0 Å². The third-order valence-corrected chi connectivity index (χ3v) is 4.85. The highest BCUT2D eigenvalue weighted by atomic mass is 35.5. The zero-order valence-corrected chi connectivity index (χ0v) is 12.9. The van der Waals surface area contributed by atoms with E-state index in [9.17, 15) is 14.7 Å². The van der Waals surface area contributed by atoms with Crippen molar-refractivity contribution >= 4 is 52.1 Å². The fourth-order valence-corrected chi connectivity index (χ4v) is 3.90. The third kappa shape index (κ3) is 2.41. The van der Waals surface area contributed by atoms with E-state index in [-0.39, 0.29) is 16.3 Å². The van der Waals surface area contributed by atoms with Crippen LogP contribution in [0.4, 0.5) is 5.69 Å². The normalized spacial score (nSPS) is 16.9. The second kappa shape index (κ2) is 5.33. The van der Waals surface area contributed by atoms with Gasteiger partial charge in [0.2, 0.25) is 0 Å². The topological polar surface area (TPSA) is 57.6 Å². The van der Waals surface area contributed by atoms with Gasteiger partial charge < -0.3 is 5.11 Å². The van der Waals surface area contributed by atoms with Crippen LogP contribution < -0.4 is 4.90 Å². The molecule has 1 aromatic carbocycles. The van der Waals surface area contributed by atoms with Crippen LogP contribution in [-0.2, 0) is 11.2 Å². The second-order valence-electron chi connectivity index (χ2n) is 4.60. The number of thiophene rings is 1. The van der Waals surface area contributed by atoms with Crippen LogP contribution >= 0.6 is 34.5 Å². The number of anilines is 1. The first-order chi connectivity index (χ1) is 9.99. The van der Waals surface area contributed by atoms with Gasteiger partial charge in [0.15, 0.2) is 0 Å². The van der Waals surface area contributed by atoms with Crippen molar-refractivity contribution in [3.63, 3.8) is 0 Å². The number of carbonyl (C=O) groups is 2. The summed E-state index contributed by atoms with van der Waals surface area (Å²) in [5.74, 6) is -1.49. The predicted molar refractivity (Wildman–Crippen MR) is 82.7 cm³/mol. The highest BCUT2D eigenvalue weighted by molar-refractivity contribution is 7.20. The van der Waals surface area contributed by atoms with Crippen LogP contribution in [0.5, 0.6) is 0 Å². The predicted octanol–water partition coefficient (Wildman–Crippen LogP) is 3.71. The van der Waals surface area contributed by atoms with E-state index in [1.807, 2.05) is 12.1 Å². The minimum absolute atomic E-state index is 0.231. The monoisotopic (exact) mass is 341 g/mol. The Labute approximate surface area is 134 Å². The Morgan fingerprint density at radius 3 is 2.62 bits per heavy atom. The van der Waals surface area contributed by atoms with Gasteiger partial charge in [0.25, 0.3) is 5.91 Å². The number of benzene rings is 1. The van der Waals surface area contributed by atoms with Gasteiger partial charge in [-0.1, -0.05) is 41.4 Å². The van der Waals surface area contributed by atoms with Crippen LogP contribution in [0.3, 0.4) is 0 Å². The lowest BCUT2D eigenvalue weighted by molar-refractivity contribution is -0.138. The molecule has 1 aliphatic rings. The number of hydrogen-bond acceptors (Lipinski definition) is 3. The van der Waals surface area contributed by atoms with Crippen molar-refractivity contribution in [1.82, 2.24) is 0 Å². The zero-order chi connectivity index (χ0) is 15.1. The molecular formula is C14H9Cl2NO3S. The molecule has 0 saturated heterocycles. The second-order valence-corrected chi connectivity index (χ2v) is 6.89. The van der Waals surface area contributed by atoms with Gasteiger partial charge in [0.1, 0.15) is 10.4 Å². The summed E-state index contributed by atoms with van der Waals surface area (Å²) in [6.45, 7) is 0. The lowest BCUT2D eigenvalue weighted by Gasteiger charge is -2.22. The molecule has 1 amide bonds. The van der Waals surface area contributed by atoms with Crippen molar-refractivity contribution in [3.05, 3.63) is 50.1 Å². The average molecular weight is 342 g/mol. The third-order valence-electron chi connectivity index (χ3n) is 3.37. The molecule has 0 unspecified atom stereocenters. The van der Waals surface area contributed by atoms with Gasteiger partial charge in [-0.25, -0.2) is 4.79 Å². The summed E-state index contributed by atoms with van der Waals surface area (Å²) in [5, 5.41) is 9.38. The Balaban J connectivity index is 2.07. The molecule has 1 N–H and O–H groups in total. The SMILES string of the molecule is O=C(O)[C@@H]1Cc2ccccc2N1C(=O)c1cc(Cl)sc1Cl. The lowest BCUT2D eigenvalue weighted by atomic mass is 10.1. The number of carboxylic acid groups (broad SMARTS) is 1. The van der Waals surface area contributed by atoms with Gasteiger partial charge in [-0.05, 0) is 17.7 Å². The van der Waals surface area contributed by atoms with Gasteiger partial charge >= 0.3 is 5.97 Å². The molecule has 0 aliphatic carbocycles. The number of aliphatic carboxylic acids is 1. The number of fused-ring (bicyclic) bond motifs is 1. The number of carboxylic acids is 1. The number of rotatable bonds is 2. The van der Waals surface area contributed by atoms with Crippen LogP contribution in [0.2, 0.25) is 8.67 Å². The van der Waals surface area contributed by atoms with Gasteiger partial charge in [-0.15, -0.1) is 11.3 Å². The molecule has 7 heteroatoms. The molecular weight excluding hydrogens is 333 g/mol. The zero-order valence-electron chi connectivity index (χ0n) is 10.5. The number of amides is 1. The molecule has 1 aliphatic heterocycles. The highest BCUT2D eigenvalue weighted by Gasteiger charge is 2.39. The van der Waals surface area contributed by atoms with E-state index in [1.54, 1.807) is 12.1 Å². The maximum atomic E-state index is 12.7. The van der Waals surface area contributed by atoms with E-state index >= 15 is 0 Å². The maximum Gasteiger partial charge on any atom is 0.327 e. The van der Waals surface area contributed by atoms with E-state index < -0.39 is 17.9 Å². The van der Waals surface area contributed by atoms with Gasteiger partial charge in [0.05, 0.1) is 9.90 Å². The Bertz CT molecular complexity index is 744. The van der Waals surface area contributed by atoms with E-state index in [0.717, 1.165) is 16.9 Å². The first-order valence-electron chi connectivity index (χ1n) is 6.08. The molecule has 2 heterocycles. The molecule has 2 aromatic rings. The maximum absolute atomic E-state index is 12.7. The van der Waals surface area contributed by atoms with Crippen molar-refractivity contribution < 1.29 is 14.7 Å². The summed E-state index contributed by atoms with van der Waals surface area (Å²) < 4.78 is 0.654. The molecule has 0 saturated carbocycles. The molecule has 0 spiro atoms. The van der Waals surface area contributed by atoms with Gasteiger partial charge in [0, 0.05) is 12.1 Å². The Morgan fingerprint density at radius 2 is 2.00 bits per heavy atom. The fourth-order valence-electron chi connectivity index (χ4n) is 2.45. The van der Waals surface area contributed by atoms with Crippen LogP contribution in [0.25, 0.3) is 0 Å². The fraction of sp³-hybridized carbons (Fsp3) is 0.143. The number of nitrogens with zero attached hydrogens (tertiary/aromatic N) is 1. The van der Waals surface area contributed by atoms with E-state index in [1.165, 1.54) is 11.0 Å². The largest absolute Gasteiger partial charge is 0.480 e. The Kier molecular flexibility index (Phi) is 3.65. The quantitative estimate of drug-likeness (QED) is 0.905. The highest BCUT2D eigenvalue weighted by Crippen LogP contribution is 2.37. The minimum Gasteiger partial charge on any atom is -0.480 e. The minimum atomic E-state index is -1.04. The first-order valence-corrected chi connectivity index (χ1v) is 7.65. The summed E-state index contributed by atoms with van der Waals surface area (Å²) >= 11 is 13.0. The standard InChI is InChI=1S/C14H9Cl2NO3S/c15-11-6-8(12(16)21-11)13(18)17-9-4-2-1-3-7(9)5-10(17)14(19)20/h1-4,6,10H,5H2,(H,19,20)/t10-/m0/s1. The molecule has 0 bridgehead atoms. The summed E-state index contributed by atoms with van der Waals surface area (Å²) in [4.78, 5) is 25.4. The average Bonchev–Trinajstić information content (AvgIpc) is 2.98. The summed E-state index contributed by atoms with van der Waals surface area (Å²) in [6, 6.07) is 7.69. The van der Waals surface area contributed by atoms with Gasteiger partial charge in [-0.3, -0.25) is 9.69 Å². The Hall–Kier alpha value is -1.56. The molecule has 108 valence electrons. The summed E-state index contributed by atoms with van der Waals surface area (Å²) in [7, 11) is 0. The van der Waals surface area contributed by atoms with Gasteiger partial charge in [-0.2, -0.15) is 0 Å². The van der Waals surface area contributed by atoms with Crippen molar-refractivity contribution in [1.29, 1.82) is 0 Å². The van der Waals surface area contributed by atoms with Crippen LogP contribution in [0.15, 0.2) is 30.3 Å². The van der Waals surface area contributed by atoms with Crippen molar-refractivity contribution in [3.8, 4) is 0 Å². The first kappa shape index (κ1) is 14.4. The summed E-state index contributed by atoms with van der Waals surface area (Å²) in [5.41, 5.74) is 1.67. The Morgan fingerprint density at radius 1 is 1.29 bits per heavy atom. The molecule has 0 fully saturated rings. The van der Waals surface area contributed by atoms with Crippen LogP contribution in [0.1, 0.15) is 15.9 Å². The molecule has 1 aromatic heterocycles. The number of hydrogen-bond donors (Lipinski definition) is 1. The van der Waals surface area contributed by atoms with Crippen molar-refractivity contribution in [2.75, 3.05) is 4.90 Å². The van der Waals surface area contributed by atoms with E-state index in [4.69, 9.17) is 23.2 Å². The van der Waals surface area contributed by atoms with Crippen molar-refractivity contribution in [2.45, 2.75) is 12.5 Å². The van der Waals surface area contributed by atoms with Crippen LogP contribution in [-0.4, -0.2) is 23.0 Å². The van der Waals surface area contributed by atoms with Crippen LogP contribution in [0, 0.1) is 0 Å². The lowest BCUT2D eigenvalue weighted by Crippen LogP contribution is -2.42. The van der Waals surface area contributed by atoms with Crippen molar-refractivity contribution in [2.24, 2.45) is 0 Å². The molecule has 21 heavy (non-hydrogen) atoms. The molecule has 3 rings (SSSR count). The summed E-state index contributed by atoms with van der Waals surface area (Å²) in [6.07, 6.45) is 0.284. The molecule has 4 nitrogen and oxygen atoms in total. The molecule has 1 atom stereocenters. The number of halogens is 2. The molecule has 0 radical (unpaired) electrons. The number of para-hydroxylation sites is 1.